The number of likely N-dealkylation sites (N-methyl/N-ethyl adjacent to an activating group) is 1. The van der Waals surface area contributed by atoms with E-state index in [9.17, 15) is 14.4 Å². The van der Waals surface area contributed by atoms with Crippen molar-refractivity contribution in [2.45, 2.75) is 32.2 Å². The second-order valence-corrected chi connectivity index (χ2v) is 5.42. The first-order valence-electron chi connectivity index (χ1n) is 7.28. The fourth-order valence-corrected chi connectivity index (χ4v) is 2.78. The first-order valence-corrected chi connectivity index (χ1v) is 7.28. The Kier molecular flexibility index (Phi) is 4.92. The van der Waals surface area contributed by atoms with Crippen molar-refractivity contribution in [2.24, 2.45) is 0 Å². The number of nitrogens with zero attached hydrogens (tertiary/aromatic N) is 1. The van der Waals surface area contributed by atoms with Crippen LogP contribution in [0.25, 0.3) is 0 Å². The van der Waals surface area contributed by atoms with Crippen molar-refractivity contribution in [1.82, 2.24) is 5.32 Å². The van der Waals surface area contributed by atoms with Gasteiger partial charge in [-0.05, 0) is 43.7 Å². The molecule has 0 bridgehead atoms. The van der Waals surface area contributed by atoms with E-state index in [0.29, 0.717) is 12.1 Å². The molecular formula is C16H20N2O4. The monoisotopic (exact) mass is 304 g/mol. The van der Waals surface area contributed by atoms with Crippen LogP contribution >= 0.6 is 0 Å². The molecule has 1 aliphatic heterocycles. The van der Waals surface area contributed by atoms with Crippen molar-refractivity contribution in [3.8, 4) is 0 Å². The van der Waals surface area contributed by atoms with Crippen LogP contribution in [0.2, 0.25) is 0 Å². The van der Waals surface area contributed by atoms with Crippen molar-refractivity contribution in [3.63, 3.8) is 0 Å². The molecule has 1 aromatic carbocycles. The van der Waals surface area contributed by atoms with Gasteiger partial charge in [0.05, 0.1) is 12.5 Å². The van der Waals surface area contributed by atoms with Gasteiger partial charge in [-0.1, -0.05) is 0 Å². The number of carbonyl (C=O) groups excluding carboxylic acids is 2. The third-order valence-electron chi connectivity index (χ3n) is 3.91. The molecule has 0 saturated heterocycles. The second-order valence-electron chi connectivity index (χ2n) is 5.42. The first-order chi connectivity index (χ1) is 10.4. The van der Waals surface area contributed by atoms with Crippen molar-refractivity contribution in [3.05, 3.63) is 29.3 Å². The van der Waals surface area contributed by atoms with E-state index in [-0.39, 0.29) is 18.1 Å². The van der Waals surface area contributed by atoms with E-state index >= 15 is 0 Å². The summed E-state index contributed by atoms with van der Waals surface area (Å²) in [4.78, 5) is 36.6. The molecule has 1 atom stereocenters. The van der Waals surface area contributed by atoms with Crippen molar-refractivity contribution < 1.29 is 19.5 Å². The molecule has 2 rings (SSSR count). The molecule has 1 aliphatic rings. The SMILES string of the molecule is CNC(CC(=O)O)C(=O)c1ccc2c(c1)CCCN2C(C)=O. The summed E-state index contributed by atoms with van der Waals surface area (Å²) in [6.45, 7) is 2.21. The van der Waals surface area contributed by atoms with E-state index in [1.165, 1.54) is 6.92 Å². The molecule has 0 saturated carbocycles. The van der Waals surface area contributed by atoms with Crippen LogP contribution in [0.1, 0.15) is 35.7 Å². The second kappa shape index (κ2) is 6.70. The average molecular weight is 304 g/mol. The largest absolute Gasteiger partial charge is 0.481 e. The maximum absolute atomic E-state index is 12.4. The molecule has 6 nitrogen and oxygen atoms in total. The van der Waals surface area contributed by atoms with Gasteiger partial charge in [-0.2, -0.15) is 0 Å². The lowest BCUT2D eigenvalue weighted by molar-refractivity contribution is -0.137. The molecule has 0 aromatic heterocycles. The number of rotatable bonds is 5. The fourth-order valence-electron chi connectivity index (χ4n) is 2.78. The first kappa shape index (κ1) is 16.2. The number of benzene rings is 1. The smallest absolute Gasteiger partial charge is 0.305 e. The number of ketones is 1. The Labute approximate surface area is 129 Å². The minimum atomic E-state index is -1.02. The number of aliphatic carboxylic acids is 1. The fraction of sp³-hybridized carbons (Fsp3) is 0.438. The highest BCUT2D eigenvalue weighted by Crippen LogP contribution is 2.28. The standard InChI is InChI=1S/C16H20N2O4/c1-10(19)18-7-3-4-11-8-12(5-6-14(11)18)16(22)13(17-2)9-15(20)21/h5-6,8,13,17H,3-4,7,9H2,1-2H3,(H,20,21). The number of nitrogens with one attached hydrogen (secondary N) is 1. The predicted octanol–water partition coefficient (Wildman–Crippen LogP) is 1.23. The Balaban J connectivity index is 2.29. The minimum Gasteiger partial charge on any atom is -0.481 e. The van der Waals surface area contributed by atoms with E-state index in [0.717, 1.165) is 24.1 Å². The highest BCUT2D eigenvalue weighted by molar-refractivity contribution is 6.02. The zero-order valence-electron chi connectivity index (χ0n) is 12.8. The lowest BCUT2D eigenvalue weighted by atomic mass is 9.95. The Morgan fingerprint density at radius 2 is 2.09 bits per heavy atom. The van der Waals surface area contributed by atoms with Crippen LogP contribution in [-0.2, 0) is 16.0 Å². The van der Waals surface area contributed by atoms with Crippen LogP contribution < -0.4 is 10.2 Å². The summed E-state index contributed by atoms with van der Waals surface area (Å²) in [6, 6.07) is 4.47. The number of anilines is 1. The van der Waals surface area contributed by atoms with E-state index in [2.05, 4.69) is 5.32 Å². The van der Waals surface area contributed by atoms with Gasteiger partial charge in [-0.3, -0.25) is 14.4 Å². The summed E-state index contributed by atoms with van der Waals surface area (Å²) in [5.41, 5.74) is 2.27. The molecular weight excluding hydrogens is 284 g/mol. The number of hydrogen-bond acceptors (Lipinski definition) is 4. The summed E-state index contributed by atoms with van der Waals surface area (Å²) >= 11 is 0. The van der Waals surface area contributed by atoms with Gasteiger partial charge in [0.25, 0.3) is 0 Å². The predicted molar refractivity (Wildman–Crippen MR) is 82.2 cm³/mol. The highest BCUT2D eigenvalue weighted by atomic mass is 16.4. The normalized spacial score (nSPS) is 15.1. The molecule has 22 heavy (non-hydrogen) atoms. The summed E-state index contributed by atoms with van der Waals surface area (Å²) < 4.78 is 0. The number of hydrogen-bond donors (Lipinski definition) is 2. The number of amides is 1. The van der Waals surface area contributed by atoms with Gasteiger partial charge in [-0.25, -0.2) is 0 Å². The lowest BCUT2D eigenvalue weighted by Crippen LogP contribution is -2.37. The van der Waals surface area contributed by atoms with Crippen LogP contribution in [-0.4, -0.2) is 42.4 Å². The van der Waals surface area contributed by atoms with E-state index < -0.39 is 12.0 Å². The molecule has 2 N–H and O–H groups in total. The summed E-state index contributed by atoms with van der Waals surface area (Å²) in [5, 5.41) is 11.6. The zero-order chi connectivity index (χ0) is 16.3. The topological polar surface area (TPSA) is 86.7 Å². The van der Waals surface area contributed by atoms with Crippen molar-refractivity contribution >= 4 is 23.3 Å². The van der Waals surface area contributed by atoms with Crippen molar-refractivity contribution in [1.29, 1.82) is 0 Å². The van der Waals surface area contributed by atoms with Gasteiger partial charge in [0.1, 0.15) is 0 Å². The van der Waals surface area contributed by atoms with Crippen LogP contribution in [0.15, 0.2) is 18.2 Å². The Morgan fingerprint density at radius 3 is 2.68 bits per heavy atom. The molecule has 0 radical (unpaired) electrons. The third-order valence-corrected chi connectivity index (χ3v) is 3.91. The maximum Gasteiger partial charge on any atom is 0.305 e. The number of fused-ring (bicyclic) bond motifs is 1. The molecule has 0 fully saturated rings. The quantitative estimate of drug-likeness (QED) is 0.799. The molecule has 6 heteroatoms. The molecule has 1 unspecified atom stereocenters. The molecule has 1 heterocycles. The van der Waals surface area contributed by atoms with Gasteiger partial charge >= 0.3 is 5.97 Å². The molecule has 1 aromatic rings. The van der Waals surface area contributed by atoms with E-state index in [1.54, 1.807) is 30.1 Å². The number of carbonyl (C=O) groups is 3. The van der Waals surface area contributed by atoms with Crippen LogP contribution in [0.4, 0.5) is 5.69 Å². The summed E-state index contributed by atoms with van der Waals surface area (Å²) in [5.74, 6) is -1.28. The zero-order valence-corrected chi connectivity index (χ0v) is 12.8. The summed E-state index contributed by atoms with van der Waals surface area (Å²) in [7, 11) is 1.57. The minimum absolute atomic E-state index is 0.0148. The summed E-state index contributed by atoms with van der Waals surface area (Å²) in [6.07, 6.45) is 1.41. The van der Waals surface area contributed by atoms with Gasteiger partial charge in [-0.15, -0.1) is 0 Å². The Hall–Kier alpha value is -2.21. The number of carboxylic acids is 1. The molecule has 0 spiro atoms. The van der Waals surface area contributed by atoms with Gasteiger partial charge in [0.2, 0.25) is 5.91 Å². The van der Waals surface area contributed by atoms with Crippen LogP contribution in [0, 0.1) is 0 Å². The van der Waals surface area contributed by atoms with Crippen molar-refractivity contribution in [2.75, 3.05) is 18.5 Å². The molecule has 118 valence electrons. The van der Waals surface area contributed by atoms with E-state index in [1.807, 2.05) is 0 Å². The molecule has 1 amide bonds. The van der Waals surface area contributed by atoms with E-state index in [4.69, 9.17) is 5.11 Å². The third kappa shape index (κ3) is 3.33. The number of Topliss-reactive ketones (excluding diaryl/α,β-unsaturated/α-hetero) is 1. The van der Waals surface area contributed by atoms with Gasteiger partial charge in [0.15, 0.2) is 5.78 Å². The number of aryl methyl sites for hydroxylation is 1. The maximum atomic E-state index is 12.4. The van der Waals surface area contributed by atoms with Gasteiger partial charge < -0.3 is 15.3 Å². The van der Waals surface area contributed by atoms with Crippen LogP contribution in [0.5, 0.6) is 0 Å². The number of carboxylic acid groups (broad SMARTS) is 1. The average Bonchev–Trinajstić information content (AvgIpc) is 2.50. The Morgan fingerprint density at radius 1 is 1.36 bits per heavy atom. The van der Waals surface area contributed by atoms with Crippen LogP contribution in [0.3, 0.4) is 0 Å². The van der Waals surface area contributed by atoms with Gasteiger partial charge in [0, 0.05) is 24.7 Å². The Bertz CT molecular complexity index is 612. The lowest BCUT2D eigenvalue weighted by Gasteiger charge is -2.29. The molecule has 0 aliphatic carbocycles. The highest BCUT2D eigenvalue weighted by Gasteiger charge is 2.24.